The van der Waals surface area contributed by atoms with E-state index in [0.717, 1.165) is 23.3 Å². The summed E-state index contributed by atoms with van der Waals surface area (Å²) in [6.07, 6.45) is -1.92. The molecule has 0 spiro atoms. The minimum absolute atomic E-state index is 0.341. The van der Waals surface area contributed by atoms with Gasteiger partial charge in [-0.25, -0.2) is 9.97 Å². The lowest BCUT2D eigenvalue weighted by atomic mass is 10.2. The van der Waals surface area contributed by atoms with Crippen molar-refractivity contribution in [3.63, 3.8) is 0 Å². The van der Waals surface area contributed by atoms with Crippen LogP contribution in [0.4, 0.5) is 13.2 Å². The number of aromatic nitrogens is 4. The Hall–Kier alpha value is -2.44. The zero-order valence-corrected chi connectivity index (χ0v) is 10.4. The lowest BCUT2D eigenvalue weighted by Gasteiger charge is -2.05. The Labute approximate surface area is 111 Å². The smallest absolute Gasteiger partial charge is 0.335 e. The molecule has 0 bridgehead atoms. The summed E-state index contributed by atoms with van der Waals surface area (Å²) < 4.78 is 37.4. The zero-order valence-electron chi connectivity index (χ0n) is 10.4. The monoisotopic (exact) mass is 278 g/mol. The van der Waals surface area contributed by atoms with E-state index >= 15 is 0 Å². The highest BCUT2D eigenvalue weighted by molar-refractivity contribution is 5.75. The van der Waals surface area contributed by atoms with Gasteiger partial charge in [0.05, 0.1) is 11.1 Å². The van der Waals surface area contributed by atoms with E-state index in [2.05, 4.69) is 19.9 Å². The molecule has 102 valence electrons. The van der Waals surface area contributed by atoms with Crippen molar-refractivity contribution in [2.75, 3.05) is 0 Å². The van der Waals surface area contributed by atoms with E-state index in [1.165, 1.54) is 6.07 Å². The number of rotatable bonds is 1. The average Bonchev–Trinajstić information content (AvgIpc) is 2.80. The number of hydrogen-bond donors (Lipinski definition) is 1. The molecule has 0 unspecified atom stereocenters. The molecule has 0 aliphatic rings. The van der Waals surface area contributed by atoms with E-state index in [0.29, 0.717) is 17.2 Å². The van der Waals surface area contributed by atoms with Gasteiger partial charge in [0, 0.05) is 12.4 Å². The summed E-state index contributed by atoms with van der Waals surface area (Å²) in [7, 11) is 0. The van der Waals surface area contributed by atoms with Crippen LogP contribution in [0.5, 0.6) is 0 Å². The molecule has 3 aromatic heterocycles. The second-order valence-electron chi connectivity index (χ2n) is 4.40. The molecule has 0 aliphatic carbocycles. The maximum Gasteiger partial charge on any atom is 0.417 e. The van der Waals surface area contributed by atoms with Crippen LogP contribution in [0.1, 0.15) is 11.1 Å². The zero-order chi connectivity index (χ0) is 14.3. The van der Waals surface area contributed by atoms with Gasteiger partial charge in [-0.05, 0) is 30.7 Å². The molecule has 4 nitrogen and oxygen atoms in total. The van der Waals surface area contributed by atoms with Gasteiger partial charge in [0.2, 0.25) is 0 Å². The topological polar surface area (TPSA) is 54.5 Å². The Morgan fingerprint density at radius 2 is 1.90 bits per heavy atom. The van der Waals surface area contributed by atoms with E-state index in [1.807, 2.05) is 13.0 Å². The number of nitrogens with zero attached hydrogens (tertiary/aromatic N) is 3. The van der Waals surface area contributed by atoms with Gasteiger partial charge >= 0.3 is 6.18 Å². The van der Waals surface area contributed by atoms with Crippen LogP contribution in [0.15, 0.2) is 30.6 Å². The molecule has 0 radical (unpaired) electrons. The minimum atomic E-state index is -4.39. The maximum atomic E-state index is 12.5. The van der Waals surface area contributed by atoms with Gasteiger partial charge < -0.3 is 4.98 Å². The molecule has 7 heteroatoms. The number of halogens is 3. The SMILES string of the molecule is Cc1cnc2nc(-c3ccc(C(F)(F)F)cn3)[nH]c2c1. The van der Waals surface area contributed by atoms with Crippen LogP contribution in [0.25, 0.3) is 22.7 Å². The first-order chi connectivity index (χ1) is 9.43. The number of nitrogens with one attached hydrogen (secondary N) is 1. The first kappa shape index (κ1) is 12.6. The molecule has 0 amide bonds. The Kier molecular flexibility index (Phi) is 2.70. The normalized spacial score (nSPS) is 12.0. The molecule has 0 atom stereocenters. The molecule has 3 rings (SSSR count). The number of fused-ring (bicyclic) bond motifs is 1. The standard InChI is InChI=1S/C13H9F3N4/c1-7-4-10-11(18-5-7)20-12(19-10)9-3-2-8(6-17-9)13(14,15)16/h2-6H,1H3,(H,18,19,20). The highest BCUT2D eigenvalue weighted by Gasteiger charge is 2.30. The van der Waals surface area contributed by atoms with E-state index in [4.69, 9.17) is 0 Å². The van der Waals surface area contributed by atoms with Crippen LogP contribution >= 0.6 is 0 Å². The fourth-order valence-electron chi connectivity index (χ4n) is 1.83. The molecular formula is C13H9F3N4. The van der Waals surface area contributed by atoms with Crippen LogP contribution in [-0.4, -0.2) is 19.9 Å². The van der Waals surface area contributed by atoms with Gasteiger partial charge in [-0.2, -0.15) is 13.2 Å². The number of aromatic amines is 1. The van der Waals surface area contributed by atoms with E-state index in [9.17, 15) is 13.2 Å². The third-order valence-electron chi connectivity index (χ3n) is 2.81. The summed E-state index contributed by atoms with van der Waals surface area (Å²) in [4.78, 5) is 15.1. The van der Waals surface area contributed by atoms with Gasteiger partial charge in [0.15, 0.2) is 11.5 Å². The number of hydrogen-bond acceptors (Lipinski definition) is 3. The summed E-state index contributed by atoms with van der Waals surface area (Å²) in [5, 5.41) is 0. The van der Waals surface area contributed by atoms with Crippen LogP contribution < -0.4 is 0 Å². The summed E-state index contributed by atoms with van der Waals surface area (Å²) in [5.41, 5.74) is 1.75. The van der Waals surface area contributed by atoms with Crippen molar-refractivity contribution in [1.29, 1.82) is 0 Å². The van der Waals surface area contributed by atoms with Crippen LogP contribution in [-0.2, 0) is 6.18 Å². The lowest BCUT2D eigenvalue weighted by Crippen LogP contribution is -2.05. The largest absolute Gasteiger partial charge is 0.417 e. The third-order valence-corrected chi connectivity index (χ3v) is 2.81. The number of imidazole rings is 1. The first-order valence-electron chi connectivity index (χ1n) is 5.79. The van der Waals surface area contributed by atoms with Crippen molar-refractivity contribution in [1.82, 2.24) is 19.9 Å². The second-order valence-corrected chi connectivity index (χ2v) is 4.40. The molecule has 3 heterocycles. The lowest BCUT2D eigenvalue weighted by molar-refractivity contribution is -0.137. The van der Waals surface area contributed by atoms with Crippen LogP contribution in [0.3, 0.4) is 0 Å². The number of pyridine rings is 2. The molecule has 0 saturated carbocycles. The van der Waals surface area contributed by atoms with E-state index in [-0.39, 0.29) is 0 Å². The number of aryl methyl sites for hydroxylation is 1. The van der Waals surface area contributed by atoms with Gasteiger partial charge in [0.25, 0.3) is 0 Å². The summed E-state index contributed by atoms with van der Waals surface area (Å²) in [5.74, 6) is 0.395. The maximum absolute atomic E-state index is 12.5. The first-order valence-corrected chi connectivity index (χ1v) is 5.79. The van der Waals surface area contributed by atoms with Crippen molar-refractivity contribution in [2.24, 2.45) is 0 Å². The summed E-state index contributed by atoms with van der Waals surface area (Å²) in [6, 6.07) is 4.13. The van der Waals surface area contributed by atoms with Crippen molar-refractivity contribution >= 4 is 11.2 Å². The van der Waals surface area contributed by atoms with E-state index in [1.54, 1.807) is 6.20 Å². The van der Waals surface area contributed by atoms with Gasteiger partial charge in [-0.15, -0.1) is 0 Å². The van der Waals surface area contributed by atoms with Crippen molar-refractivity contribution < 1.29 is 13.2 Å². The van der Waals surface area contributed by atoms with Gasteiger partial charge in [-0.1, -0.05) is 0 Å². The van der Waals surface area contributed by atoms with Crippen molar-refractivity contribution in [3.05, 3.63) is 41.7 Å². The average molecular weight is 278 g/mol. The Balaban J connectivity index is 2.02. The molecule has 1 N–H and O–H groups in total. The molecule has 20 heavy (non-hydrogen) atoms. The quantitative estimate of drug-likeness (QED) is 0.742. The van der Waals surface area contributed by atoms with Crippen LogP contribution in [0.2, 0.25) is 0 Å². The minimum Gasteiger partial charge on any atom is -0.335 e. The van der Waals surface area contributed by atoms with Gasteiger partial charge in [0.1, 0.15) is 5.69 Å². The Morgan fingerprint density at radius 3 is 2.55 bits per heavy atom. The van der Waals surface area contributed by atoms with Crippen molar-refractivity contribution in [2.45, 2.75) is 13.1 Å². The highest BCUT2D eigenvalue weighted by atomic mass is 19.4. The number of H-pyrrole nitrogens is 1. The second kappa shape index (κ2) is 4.29. The fraction of sp³-hybridized carbons (Fsp3) is 0.154. The number of alkyl halides is 3. The molecular weight excluding hydrogens is 269 g/mol. The molecule has 0 aromatic carbocycles. The predicted molar refractivity (Wildman–Crippen MR) is 66.9 cm³/mol. The summed E-state index contributed by atoms with van der Waals surface area (Å²) >= 11 is 0. The Morgan fingerprint density at radius 1 is 1.10 bits per heavy atom. The van der Waals surface area contributed by atoms with Crippen LogP contribution in [0, 0.1) is 6.92 Å². The van der Waals surface area contributed by atoms with Crippen molar-refractivity contribution in [3.8, 4) is 11.5 Å². The Bertz CT molecular complexity index is 759. The highest BCUT2D eigenvalue weighted by Crippen LogP contribution is 2.29. The molecule has 0 fully saturated rings. The predicted octanol–water partition coefficient (Wildman–Crippen LogP) is 3.35. The molecule has 3 aromatic rings. The van der Waals surface area contributed by atoms with Gasteiger partial charge in [-0.3, -0.25) is 4.98 Å². The molecule has 0 aliphatic heterocycles. The third kappa shape index (κ3) is 2.22. The molecule has 0 saturated heterocycles. The summed E-state index contributed by atoms with van der Waals surface area (Å²) in [6.45, 7) is 1.89. The van der Waals surface area contributed by atoms with E-state index < -0.39 is 11.7 Å². The fourth-order valence-corrected chi connectivity index (χ4v) is 1.83.